The predicted octanol–water partition coefficient (Wildman–Crippen LogP) is 6.19. The van der Waals surface area contributed by atoms with Crippen molar-refractivity contribution in [3.63, 3.8) is 0 Å². The van der Waals surface area contributed by atoms with Crippen molar-refractivity contribution in [3.05, 3.63) is 101 Å². The molecule has 0 bridgehead atoms. The molecule has 0 aromatic heterocycles. The Morgan fingerprint density at radius 1 is 0.938 bits per heavy atom. The molecular formula is C28H31NO3. The van der Waals surface area contributed by atoms with Gasteiger partial charge in [-0.25, -0.2) is 4.79 Å². The van der Waals surface area contributed by atoms with Crippen LogP contribution in [-0.2, 0) is 17.6 Å². The first-order valence-electron chi connectivity index (χ1n) is 11.1. The molecule has 3 aromatic carbocycles. The van der Waals surface area contributed by atoms with Crippen LogP contribution in [0.3, 0.4) is 0 Å². The molecule has 0 fully saturated rings. The van der Waals surface area contributed by atoms with E-state index in [0.717, 1.165) is 29.7 Å². The molecular weight excluding hydrogens is 398 g/mol. The molecule has 4 nitrogen and oxygen atoms in total. The van der Waals surface area contributed by atoms with Crippen LogP contribution < -0.4 is 4.74 Å². The first-order valence-corrected chi connectivity index (χ1v) is 11.1. The summed E-state index contributed by atoms with van der Waals surface area (Å²) in [6, 6.07) is 26.7. The van der Waals surface area contributed by atoms with Crippen LogP contribution >= 0.6 is 0 Å². The van der Waals surface area contributed by atoms with E-state index in [4.69, 9.17) is 9.47 Å². The number of para-hydroxylation sites is 1. The van der Waals surface area contributed by atoms with E-state index in [-0.39, 0.29) is 18.2 Å². The average molecular weight is 430 g/mol. The van der Waals surface area contributed by atoms with Crippen molar-refractivity contribution < 1.29 is 14.3 Å². The molecule has 0 spiro atoms. The maximum Gasteiger partial charge on any atom is 0.410 e. The van der Waals surface area contributed by atoms with E-state index in [0.29, 0.717) is 0 Å². The number of rotatable bonds is 5. The van der Waals surface area contributed by atoms with Crippen molar-refractivity contribution in [1.29, 1.82) is 0 Å². The molecule has 0 saturated carbocycles. The zero-order chi connectivity index (χ0) is 22.7. The van der Waals surface area contributed by atoms with Crippen molar-refractivity contribution in [3.8, 4) is 5.75 Å². The SMILES string of the molecule is CN(C(=O)OC(C)(C)C)[C@@H]1Cc2ccccc2[C@@H]1Oc1ccccc1Cc1ccccc1. The second-order valence-corrected chi connectivity index (χ2v) is 9.37. The fraction of sp³-hybridized carbons (Fsp3) is 0.321. The van der Waals surface area contributed by atoms with Gasteiger partial charge in [0.05, 0.1) is 6.04 Å². The smallest absolute Gasteiger partial charge is 0.410 e. The largest absolute Gasteiger partial charge is 0.483 e. The molecule has 1 amide bonds. The summed E-state index contributed by atoms with van der Waals surface area (Å²) in [5.74, 6) is 0.848. The van der Waals surface area contributed by atoms with Gasteiger partial charge in [0.2, 0.25) is 0 Å². The minimum absolute atomic E-state index is 0.146. The van der Waals surface area contributed by atoms with Gasteiger partial charge in [-0.2, -0.15) is 0 Å². The molecule has 1 aliphatic rings. The van der Waals surface area contributed by atoms with Gasteiger partial charge in [0, 0.05) is 13.5 Å². The lowest BCUT2D eigenvalue weighted by molar-refractivity contribution is 0.00921. The molecule has 32 heavy (non-hydrogen) atoms. The van der Waals surface area contributed by atoms with E-state index in [1.54, 1.807) is 11.9 Å². The minimum Gasteiger partial charge on any atom is -0.483 e. The van der Waals surface area contributed by atoms with Crippen molar-refractivity contribution in [2.75, 3.05) is 7.05 Å². The summed E-state index contributed by atoms with van der Waals surface area (Å²) in [7, 11) is 1.80. The Morgan fingerprint density at radius 3 is 2.34 bits per heavy atom. The van der Waals surface area contributed by atoms with Crippen LogP contribution in [0.5, 0.6) is 5.75 Å². The number of likely N-dealkylation sites (N-methyl/N-ethyl adjacent to an activating group) is 1. The highest BCUT2D eigenvalue weighted by Crippen LogP contribution is 2.39. The number of ether oxygens (including phenoxy) is 2. The minimum atomic E-state index is -0.546. The molecule has 0 N–H and O–H groups in total. The maximum atomic E-state index is 12.9. The lowest BCUT2D eigenvalue weighted by Gasteiger charge is -2.32. The summed E-state index contributed by atoms with van der Waals surface area (Å²) in [4.78, 5) is 14.5. The maximum absolute atomic E-state index is 12.9. The zero-order valence-corrected chi connectivity index (χ0v) is 19.2. The molecule has 166 valence electrons. The Kier molecular flexibility index (Phi) is 6.22. The highest BCUT2D eigenvalue weighted by molar-refractivity contribution is 5.68. The van der Waals surface area contributed by atoms with Crippen LogP contribution in [0, 0.1) is 0 Å². The van der Waals surface area contributed by atoms with Crippen LogP contribution in [0.2, 0.25) is 0 Å². The molecule has 0 radical (unpaired) electrons. The second kappa shape index (κ2) is 9.07. The fourth-order valence-electron chi connectivity index (χ4n) is 4.21. The Morgan fingerprint density at radius 2 is 1.59 bits per heavy atom. The lowest BCUT2D eigenvalue weighted by atomic mass is 10.0. The summed E-state index contributed by atoms with van der Waals surface area (Å²) in [5, 5.41) is 0. The Bertz CT molecular complexity index is 1070. The number of fused-ring (bicyclic) bond motifs is 1. The van der Waals surface area contributed by atoms with E-state index < -0.39 is 5.60 Å². The standard InChI is InChI=1S/C28H31NO3/c1-28(2,3)32-27(30)29(4)24-19-21-14-8-10-16-23(21)26(24)31-25-17-11-9-15-22(25)18-20-12-6-5-7-13-20/h5-17,24,26H,18-19H2,1-4H3/t24-,26+/m1/s1. The lowest BCUT2D eigenvalue weighted by Crippen LogP contribution is -2.44. The Hall–Kier alpha value is -3.27. The highest BCUT2D eigenvalue weighted by Gasteiger charge is 2.40. The van der Waals surface area contributed by atoms with Gasteiger partial charge in [0.25, 0.3) is 0 Å². The van der Waals surface area contributed by atoms with Crippen LogP contribution in [0.4, 0.5) is 4.79 Å². The van der Waals surface area contributed by atoms with Gasteiger partial charge in [-0.05, 0) is 55.5 Å². The Labute approximate surface area is 190 Å². The highest BCUT2D eigenvalue weighted by atomic mass is 16.6. The predicted molar refractivity (Wildman–Crippen MR) is 127 cm³/mol. The third-order valence-corrected chi connectivity index (χ3v) is 5.78. The quantitative estimate of drug-likeness (QED) is 0.485. The average Bonchev–Trinajstić information content (AvgIpc) is 3.12. The van der Waals surface area contributed by atoms with Gasteiger partial charge in [-0.1, -0.05) is 72.8 Å². The molecule has 0 saturated heterocycles. The third kappa shape index (κ3) is 4.96. The topological polar surface area (TPSA) is 38.8 Å². The first kappa shape index (κ1) is 21.9. The van der Waals surface area contributed by atoms with E-state index in [1.807, 2.05) is 57.2 Å². The number of carbonyl (C=O) groups excluding carboxylic acids is 1. The molecule has 0 unspecified atom stereocenters. The van der Waals surface area contributed by atoms with Crippen LogP contribution in [-0.4, -0.2) is 29.7 Å². The van der Waals surface area contributed by atoms with Gasteiger partial charge in [0.15, 0.2) is 0 Å². The molecule has 1 aliphatic carbocycles. The van der Waals surface area contributed by atoms with Crippen molar-refractivity contribution in [1.82, 2.24) is 4.90 Å². The molecule has 0 aliphatic heterocycles. The monoisotopic (exact) mass is 429 g/mol. The van der Waals surface area contributed by atoms with Crippen molar-refractivity contribution in [2.24, 2.45) is 0 Å². The number of nitrogens with zero attached hydrogens (tertiary/aromatic N) is 1. The van der Waals surface area contributed by atoms with Gasteiger partial charge in [-0.15, -0.1) is 0 Å². The molecule has 4 heteroatoms. The molecule has 0 heterocycles. The van der Waals surface area contributed by atoms with Gasteiger partial charge in [0.1, 0.15) is 17.5 Å². The summed E-state index contributed by atoms with van der Waals surface area (Å²) in [5.41, 5.74) is 4.15. The van der Waals surface area contributed by atoms with Crippen LogP contribution in [0.25, 0.3) is 0 Å². The number of amides is 1. The molecule has 2 atom stereocenters. The first-order chi connectivity index (χ1) is 15.3. The van der Waals surface area contributed by atoms with Crippen LogP contribution in [0.15, 0.2) is 78.9 Å². The van der Waals surface area contributed by atoms with Crippen molar-refractivity contribution in [2.45, 2.75) is 51.4 Å². The van der Waals surface area contributed by atoms with E-state index in [2.05, 4.69) is 42.5 Å². The van der Waals surface area contributed by atoms with Gasteiger partial charge in [-0.3, -0.25) is 0 Å². The van der Waals surface area contributed by atoms with Crippen molar-refractivity contribution >= 4 is 6.09 Å². The summed E-state index contributed by atoms with van der Waals surface area (Å²) < 4.78 is 12.3. The molecule has 3 aromatic rings. The van der Waals surface area contributed by atoms with Crippen LogP contribution in [0.1, 0.15) is 49.1 Å². The number of hydrogen-bond donors (Lipinski definition) is 0. The van der Waals surface area contributed by atoms with E-state index in [9.17, 15) is 4.79 Å². The summed E-state index contributed by atoms with van der Waals surface area (Å²) in [6.07, 6.45) is 0.928. The zero-order valence-electron chi connectivity index (χ0n) is 19.2. The van der Waals surface area contributed by atoms with Gasteiger partial charge >= 0.3 is 6.09 Å². The third-order valence-electron chi connectivity index (χ3n) is 5.78. The number of benzene rings is 3. The van der Waals surface area contributed by atoms with E-state index >= 15 is 0 Å². The normalized spacial score (nSPS) is 17.5. The molecule has 4 rings (SSSR count). The Balaban J connectivity index is 1.62. The summed E-state index contributed by atoms with van der Waals surface area (Å²) in [6.45, 7) is 5.65. The van der Waals surface area contributed by atoms with E-state index in [1.165, 1.54) is 11.1 Å². The number of hydrogen-bond acceptors (Lipinski definition) is 3. The second-order valence-electron chi connectivity index (χ2n) is 9.37. The fourth-order valence-corrected chi connectivity index (χ4v) is 4.21. The van der Waals surface area contributed by atoms with Gasteiger partial charge < -0.3 is 14.4 Å². The summed E-state index contributed by atoms with van der Waals surface area (Å²) >= 11 is 0. The number of carbonyl (C=O) groups is 1.